The topological polar surface area (TPSA) is 74.4 Å². The molecule has 29 heavy (non-hydrogen) atoms. The Bertz CT molecular complexity index is 970. The minimum atomic E-state index is 0.0719. The summed E-state index contributed by atoms with van der Waals surface area (Å²) in [4.78, 5) is 30.1. The molecule has 0 aliphatic carbocycles. The van der Waals surface area contributed by atoms with E-state index in [4.69, 9.17) is 9.72 Å². The van der Waals surface area contributed by atoms with E-state index in [1.54, 1.807) is 6.20 Å². The maximum Gasteiger partial charge on any atom is 0.257 e. The summed E-state index contributed by atoms with van der Waals surface area (Å²) >= 11 is 0. The first-order valence-corrected chi connectivity index (χ1v) is 10.3. The Morgan fingerprint density at radius 2 is 1.83 bits per heavy atom. The molecule has 2 aliphatic heterocycles. The predicted octanol–water partition coefficient (Wildman–Crippen LogP) is 2.81. The van der Waals surface area contributed by atoms with Crippen LogP contribution in [-0.4, -0.2) is 65.2 Å². The smallest absolute Gasteiger partial charge is 0.257 e. The number of carbonyl (C=O) groups excluding carboxylic acids is 1. The molecule has 2 saturated heterocycles. The van der Waals surface area contributed by atoms with Gasteiger partial charge in [-0.2, -0.15) is 0 Å². The van der Waals surface area contributed by atoms with Crippen LogP contribution in [0.3, 0.4) is 0 Å². The monoisotopic (exact) mass is 391 g/mol. The van der Waals surface area contributed by atoms with Crippen LogP contribution in [0.2, 0.25) is 0 Å². The lowest BCUT2D eigenvalue weighted by atomic mass is 9.95. The quantitative estimate of drug-likeness (QED) is 0.743. The zero-order valence-corrected chi connectivity index (χ0v) is 16.4. The van der Waals surface area contributed by atoms with Crippen molar-refractivity contribution in [3.05, 3.63) is 54.0 Å². The van der Waals surface area contributed by atoms with Crippen molar-refractivity contribution < 1.29 is 9.53 Å². The van der Waals surface area contributed by atoms with Gasteiger partial charge in [0.05, 0.1) is 29.8 Å². The maximum atomic E-state index is 13.3. The molecule has 0 saturated carbocycles. The number of likely N-dealkylation sites (tertiary alicyclic amines) is 1. The first kappa shape index (κ1) is 18.1. The molecule has 7 nitrogen and oxygen atoms in total. The minimum absolute atomic E-state index is 0.0719. The van der Waals surface area contributed by atoms with E-state index < -0.39 is 0 Å². The molecular formula is C22H25N5O2. The third kappa shape index (κ3) is 3.58. The highest BCUT2D eigenvalue weighted by Gasteiger charge is 2.29. The number of morpholine rings is 1. The number of piperidine rings is 1. The highest BCUT2D eigenvalue weighted by molar-refractivity contribution is 5.99. The van der Waals surface area contributed by atoms with Crippen molar-refractivity contribution in [2.75, 3.05) is 44.3 Å². The Balaban J connectivity index is 1.29. The largest absolute Gasteiger partial charge is 0.378 e. The van der Waals surface area contributed by atoms with Gasteiger partial charge < -0.3 is 19.5 Å². The summed E-state index contributed by atoms with van der Waals surface area (Å²) in [5, 5.41) is 0. The number of para-hydroxylation sites is 2. The van der Waals surface area contributed by atoms with E-state index in [1.165, 1.54) is 0 Å². The normalized spacial score (nSPS) is 18.3. The van der Waals surface area contributed by atoms with Gasteiger partial charge in [-0.1, -0.05) is 12.1 Å². The number of nitrogens with zero attached hydrogens (tertiary/aromatic N) is 4. The number of pyridine rings is 1. The van der Waals surface area contributed by atoms with Crippen LogP contribution in [-0.2, 0) is 4.74 Å². The number of carbonyl (C=O) groups is 1. The van der Waals surface area contributed by atoms with E-state index in [0.717, 1.165) is 61.7 Å². The number of hydrogen-bond donors (Lipinski definition) is 1. The van der Waals surface area contributed by atoms with Crippen LogP contribution < -0.4 is 4.90 Å². The van der Waals surface area contributed by atoms with Crippen LogP contribution in [0.15, 0.2) is 42.6 Å². The number of benzene rings is 1. The highest BCUT2D eigenvalue weighted by Crippen LogP contribution is 2.29. The van der Waals surface area contributed by atoms with Gasteiger partial charge in [-0.25, -0.2) is 9.97 Å². The van der Waals surface area contributed by atoms with E-state index in [2.05, 4.69) is 20.9 Å². The van der Waals surface area contributed by atoms with Crippen LogP contribution >= 0.6 is 0 Å². The molecule has 1 amide bonds. The average Bonchev–Trinajstić information content (AvgIpc) is 3.24. The standard InChI is InChI=1S/C22H25N5O2/c28-22(17-4-3-9-23-21(17)26-12-14-29-15-13-26)27-10-7-16(8-11-27)20-24-18-5-1-2-6-19(18)25-20/h1-6,9,16H,7-8,10-15H2,(H,24,25). The Morgan fingerprint density at radius 3 is 2.62 bits per heavy atom. The molecule has 0 bridgehead atoms. The number of amides is 1. The van der Waals surface area contributed by atoms with Crippen molar-refractivity contribution >= 4 is 22.8 Å². The fourth-order valence-corrected chi connectivity index (χ4v) is 4.28. The third-order valence-electron chi connectivity index (χ3n) is 5.90. The third-order valence-corrected chi connectivity index (χ3v) is 5.90. The van der Waals surface area contributed by atoms with Crippen molar-refractivity contribution in [3.8, 4) is 0 Å². The molecule has 1 aromatic carbocycles. The number of hydrogen-bond acceptors (Lipinski definition) is 5. The molecule has 0 atom stereocenters. The lowest BCUT2D eigenvalue weighted by Crippen LogP contribution is -2.41. The summed E-state index contributed by atoms with van der Waals surface area (Å²) in [5.41, 5.74) is 2.77. The minimum Gasteiger partial charge on any atom is -0.378 e. The Labute approximate surface area is 169 Å². The summed E-state index contributed by atoms with van der Waals surface area (Å²) < 4.78 is 5.44. The van der Waals surface area contributed by atoms with E-state index in [0.29, 0.717) is 24.7 Å². The van der Waals surface area contributed by atoms with Crippen molar-refractivity contribution in [1.29, 1.82) is 0 Å². The van der Waals surface area contributed by atoms with E-state index in [1.807, 2.05) is 35.2 Å². The van der Waals surface area contributed by atoms with Crippen LogP contribution in [0.1, 0.15) is 34.9 Å². The van der Waals surface area contributed by atoms with Gasteiger partial charge in [-0.05, 0) is 37.1 Å². The number of imidazole rings is 1. The van der Waals surface area contributed by atoms with Gasteiger partial charge >= 0.3 is 0 Å². The fourth-order valence-electron chi connectivity index (χ4n) is 4.28. The summed E-state index contributed by atoms with van der Waals surface area (Å²) in [6.07, 6.45) is 3.59. The molecule has 2 aliphatic rings. The highest BCUT2D eigenvalue weighted by atomic mass is 16.5. The summed E-state index contributed by atoms with van der Waals surface area (Å²) in [5.74, 6) is 2.25. The Hall–Kier alpha value is -2.93. The van der Waals surface area contributed by atoms with Crippen LogP contribution in [0.25, 0.3) is 11.0 Å². The Kier molecular flexibility index (Phi) is 4.89. The summed E-state index contributed by atoms with van der Waals surface area (Å²) in [6, 6.07) is 11.9. The van der Waals surface area contributed by atoms with Gasteiger partial charge in [-0.3, -0.25) is 4.79 Å². The Morgan fingerprint density at radius 1 is 1.03 bits per heavy atom. The fraction of sp³-hybridized carbons (Fsp3) is 0.409. The van der Waals surface area contributed by atoms with Crippen LogP contribution in [0, 0.1) is 0 Å². The molecule has 7 heteroatoms. The van der Waals surface area contributed by atoms with Gasteiger partial charge in [0.1, 0.15) is 11.6 Å². The number of aromatic nitrogens is 3. The number of aromatic amines is 1. The SMILES string of the molecule is O=C(c1cccnc1N1CCOCC1)N1CCC(c2nc3ccccc3[nH]2)CC1. The molecule has 3 aromatic rings. The van der Waals surface area contributed by atoms with Gasteiger partial charge in [0.2, 0.25) is 0 Å². The maximum absolute atomic E-state index is 13.3. The molecule has 4 heterocycles. The van der Waals surface area contributed by atoms with Crippen LogP contribution in [0.5, 0.6) is 0 Å². The number of ether oxygens (including phenoxy) is 1. The van der Waals surface area contributed by atoms with Crippen molar-refractivity contribution in [3.63, 3.8) is 0 Å². The molecule has 2 fully saturated rings. The average molecular weight is 391 g/mol. The second-order valence-electron chi connectivity index (χ2n) is 7.68. The number of rotatable bonds is 3. The molecule has 2 aromatic heterocycles. The van der Waals surface area contributed by atoms with Gasteiger partial charge in [-0.15, -0.1) is 0 Å². The van der Waals surface area contributed by atoms with Gasteiger partial charge in [0.25, 0.3) is 5.91 Å². The zero-order chi connectivity index (χ0) is 19.6. The zero-order valence-electron chi connectivity index (χ0n) is 16.4. The molecular weight excluding hydrogens is 366 g/mol. The number of nitrogens with one attached hydrogen (secondary N) is 1. The second kappa shape index (κ2) is 7.83. The van der Waals surface area contributed by atoms with Crippen molar-refractivity contribution in [2.45, 2.75) is 18.8 Å². The van der Waals surface area contributed by atoms with Gasteiger partial charge in [0.15, 0.2) is 0 Å². The van der Waals surface area contributed by atoms with E-state index in [-0.39, 0.29) is 5.91 Å². The number of fused-ring (bicyclic) bond motifs is 1. The lowest BCUT2D eigenvalue weighted by Gasteiger charge is -2.33. The van der Waals surface area contributed by atoms with Crippen LogP contribution in [0.4, 0.5) is 5.82 Å². The number of H-pyrrole nitrogens is 1. The molecule has 5 rings (SSSR count). The predicted molar refractivity (Wildman–Crippen MR) is 111 cm³/mol. The molecule has 0 radical (unpaired) electrons. The first-order chi connectivity index (χ1) is 14.3. The summed E-state index contributed by atoms with van der Waals surface area (Å²) in [6.45, 7) is 4.35. The van der Waals surface area contributed by atoms with Crippen molar-refractivity contribution in [2.24, 2.45) is 0 Å². The van der Waals surface area contributed by atoms with E-state index >= 15 is 0 Å². The summed E-state index contributed by atoms with van der Waals surface area (Å²) in [7, 11) is 0. The first-order valence-electron chi connectivity index (χ1n) is 10.3. The lowest BCUT2D eigenvalue weighted by molar-refractivity contribution is 0.0710. The molecule has 1 N–H and O–H groups in total. The van der Waals surface area contributed by atoms with E-state index in [9.17, 15) is 4.79 Å². The van der Waals surface area contributed by atoms with Crippen molar-refractivity contribution in [1.82, 2.24) is 19.9 Å². The molecule has 150 valence electrons. The number of anilines is 1. The van der Waals surface area contributed by atoms with Gasteiger partial charge in [0, 0.05) is 38.3 Å². The molecule has 0 spiro atoms. The molecule has 0 unspecified atom stereocenters. The second-order valence-corrected chi connectivity index (χ2v) is 7.68.